The van der Waals surface area contributed by atoms with E-state index >= 15 is 0 Å². The van der Waals surface area contributed by atoms with E-state index < -0.39 is 29.3 Å². The number of halogens is 3. The van der Waals surface area contributed by atoms with Gasteiger partial charge in [0, 0.05) is 6.07 Å². The third-order valence-corrected chi connectivity index (χ3v) is 5.32. The van der Waals surface area contributed by atoms with Gasteiger partial charge in [0.2, 0.25) is 0 Å². The summed E-state index contributed by atoms with van der Waals surface area (Å²) in [6.07, 6.45) is 0.306. The second-order valence-electron chi connectivity index (χ2n) is 7.67. The quantitative estimate of drug-likeness (QED) is 0.369. The van der Waals surface area contributed by atoms with Crippen molar-refractivity contribution in [1.29, 1.82) is 0 Å². The molecule has 4 rings (SSSR count). The van der Waals surface area contributed by atoms with Gasteiger partial charge in [-0.15, -0.1) is 0 Å². The van der Waals surface area contributed by atoms with Crippen molar-refractivity contribution in [3.05, 3.63) is 81.1 Å². The second kappa shape index (κ2) is 9.66. The summed E-state index contributed by atoms with van der Waals surface area (Å²) in [5.41, 5.74) is 5.81. The predicted octanol–water partition coefficient (Wildman–Crippen LogP) is 3.59. The highest BCUT2D eigenvalue weighted by Crippen LogP contribution is 2.26. The molecule has 0 spiro atoms. The van der Waals surface area contributed by atoms with Crippen LogP contribution in [0.15, 0.2) is 47.5 Å². The lowest BCUT2D eigenvalue weighted by Crippen LogP contribution is -2.28. The molecule has 4 N–H and O–H groups in total. The number of aliphatic hydroxyl groups excluding tert-OH is 1. The summed E-state index contributed by atoms with van der Waals surface area (Å²) in [5, 5.41) is 12.9. The number of aliphatic hydroxyl groups is 1. The Labute approximate surface area is 203 Å². The van der Waals surface area contributed by atoms with Gasteiger partial charge in [-0.05, 0) is 38.1 Å². The molecule has 0 aliphatic carbocycles. The summed E-state index contributed by atoms with van der Waals surface area (Å²) in [4.78, 5) is 26.2. The highest BCUT2D eigenvalue weighted by atomic mass is 35.5. The van der Waals surface area contributed by atoms with Crippen molar-refractivity contribution in [2.45, 2.75) is 26.0 Å². The van der Waals surface area contributed by atoms with Crippen LogP contribution in [0.5, 0.6) is 0 Å². The molecule has 35 heavy (non-hydrogen) atoms. The topological polar surface area (TPSA) is 119 Å². The zero-order valence-corrected chi connectivity index (χ0v) is 19.3. The molecule has 0 radical (unpaired) electrons. The fourth-order valence-electron chi connectivity index (χ4n) is 3.49. The molecule has 2 heterocycles. The van der Waals surface area contributed by atoms with Gasteiger partial charge in [-0.25, -0.2) is 23.7 Å². The maximum Gasteiger partial charge on any atom is 0.267 e. The molecular formula is C24H19ClF2N6O2. The lowest BCUT2D eigenvalue weighted by Gasteiger charge is -2.21. The lowest BCUT2D eigenvalue weighted by molar-refractivity contribution is 0.253. The van der Waals surface area contributed by atoms with Crippen LogP contribution in [-0.4, -0.2) is 30.7 Å². The van der Waals surface area contributed by atoms with Gasteiger partial charge in [-0.3, -0.25) is 9.36 Å². The SMILES string of the molecule is CC(O)C#Cc1c(N)ncnc1NC(C)c1nc2cccc(Cl)c2c(=O)n1-c1cc(F)cc(F)c1. The maximum absolute atomic E-state index is 14.1. The smallest absolute Gasteiger partial charge is 0.267 e. The number of hydrogen-bond donors (Lipinski definition) is 3. The maximum atomic E-state index is 14.1. The number of fused-ring (bicyclic) bond motifs is 1. The Morgan fingerprint density at radius 1 is 1.17 bits per heavy atom. The summed E-state index contributed by atoms with van der Waals surface area (Å²) >= 11 is 6.26. The molecule has 178 valence electrons. The van der Waals surface area contributed by atoms with E-state index in [1.54, 1.807) is 19.1 Å². The van der Waals surface area contributed by atoms with Gasteiger partial charge in [-0.1, -0.05) is 29.5 Å². The first-order chi connectivity index (χ1) is 16.7. The van der Waals surface area contributed by atoms with Gasteiger partial charge >= 0.3 is 0 Å². The van der Waals surface area contributed by atoms with Gasteiger partial charge in [-0.2, -0.15) is 0 Å². The largest absolute Gasteiger partial charge is 0.382 e. The summed E-state index contributed by atoms with van der Waals surface area (Å²) < 4.78 is 29.3. The monoisotopic (exact) mass is 496 g/mol. The van der Waals surface area contributed by atoms with E-state index in [2.05, 4.69) is 32.1 Å². The second-order valence-corrected chi connectivity index (χ2v) is 8.07. The van der Waals surface area contributed by atoms with Gasteiger partial charge in [0.05, 0.1) is 27.7 Å². The third kappa shape index (κ3) is 4.91. The summed E-state index contributed by atoms with van der Waals surface area (Å²) in [5.74, 6) is 4.00. The van der Waals surface area contributed by atoms with Crippen LogP contribution in [0.3, 0.4) is 0 Å². The van der Waals surface area contributed by atoms with Crippen molar-refractivity contribution in [1.82, 2.24) is 19.5 Å². The molecule has 0 bridgehead atoms. The first-order valence-corrected chi connectivity index (χ1v) is 10.8. The number of aromatic nitrogens is 4. The fourth-order valence-corrected chi connectivity index (χ4v) is 3.74. The fraction of sp³-hybridized carbons (Fsp3) is 0.167. The van der Waals surface area contributed by atoms with Crippen molar-refractivity contribution in [2.24, 2.45) is 0 Å². The van der Waals surface area contributed by atoms with Crippen molar-refractivity contribution in [3.63, 3.8) is 0 Å². The predicted molar refractivity (Wildman–Crippen MR) is 129 cm³/mol. The molecular weight excluding hydrogens is 478 g/mol. The van der Waals surface area contributed by atoms with Crippen LogP contribution in [0.2, 0.25) is 5.02 Å². The van der Waals surface area contributed by atoms with Crippen LogP contribution in [0.4, 0.5) is 20.4 Å². The molecule has 11 heteroatoms. The van der Waals surface area contributed by atoms with Gasteiger partial charge in [0.1, 0.15) is 47.1 Å². The van der Waals surface area contributed by atoms with E-state index in [1.165, 1.54) is 19.3 Å². The van der Waals surface area contributed by atoms with E-state index in [9.17, 15) is 18.7 Å². The Bertz CT molecular complexity index is 1540. The molecule has 0 saturated carbocycles. The first kappa shape index (κ1) is 24.1. The average molecular weight is 497 g/mol. The molecule has 4 aromatic rings. The van der Waals surface area contributed by atoms with Crippen LogP contribution in [0.1, 0.15) is 31.3 Å². The van der Waals surface area contributed by atoms with E-state index in [4.69, 9.17) is 17.3 Å². The Balaban J connectivity index is 1.92. The van der Waals surface area contributed by atoms with E-state index in [0.717, 1.165) is 16.7 Å². The van der Waals surface area contributed by atoms with E-state index in [-0.39, 0.29) is 39.1 Å². The van der Waals surface area contributed by atoms with Crippen molar-refractivity contribution in [3.8, 4) is 17.5 Å². The van der Waals surface area contributed by atoms with Crippen LogP contribution >= 0.6 is 11.6 Å². The Morgan fingerprint density at radius 2 is 1.89 bits per heavy atom. The van der Waals surface area contributed by atoms with Crippen LogP contribution in [-0.2, 0) is 0 Å². The molecule has 0 aliphatic heterocycles. The molecule has 2 unspecified atom stereocenters. The molecule has 0 fully saturated rings. The summed E-state index contributed by atoms with van der Waals surface area (Å²) in [6, 6.07) is 6.78. The minimum absolute atomic E-state index is 0.0678. The van der Waals surface area contributed by atoms with E-state index in [1.807, 2.05) is 0 Å². The van der Waals surface area contributed by atoms with Crippen LogP contribution in [0, 0.1) is 23.5 Å². The van der Waals surface area contributed by atoms with Gasteiger partial charge in [0.15, 0.2) is 0 Å². The summed E-state index contributed by atoms with van der Waals surface area (Å²) in [6.45, 7) is 3.16. The standard InChI is InChI=1S/C24H19ClF2N6O2/c1-12(34)6-7-17-21(28)29-11-30-22(17)31-13(2)23-32-19-5-3-4-18(25)20(19)24(35)33(23)16-9-14(26)8-15(27)10-16/h3-5,8-13,34H,1-2H3,(H3,28,29,30,31). The van der Waals surface area contributed by atoms with Gasteiger partial charge in [0.25, 0.3) is 5.56 Å². The van der Waals surface area contributed by atoms with Gasteiger partial charge < -0.3 is 16.2 Å². The van der Waals surface area contributed by atoms with Crippen molar-refractivity contribution in [2.75, 3.05) is 11.1 Å². The number of hydrogen-bond acceptors (Lipinski definition) is 7. The molecule has 8 nitrogen and oxygen atoms in total. The molecule has 2 aromatic carbocycles. The highest BCUT2D eigenvalue weighted by molar-refractivity contribution is 6.35. The van der Waals surface area contributed by atoms with E-state index in [0.29, 0.717) is 11.6 Å². The first-order valence-electron chi connectivity index (χ1n) is 10.4. The Morgan fingerprint density at radius 3 is 2.57 bits per heavy atom. The van der Waals surface area contributed by atoms with Crippen LogP contribution in [0.25, 0.3) is 16.6 Å². The lowest BCUT2D eigenvalue weighted by atomic mass is 10.2. The minimum Gasteiger partial charge on any atom is -0.382 e. The number of rotatable bonds is 4. The normalized spacial score (nSPS) is 12.6. The molecule has 0 saturated heterocycles. The zero-order chi connectivity index (χ0) is 25.3. The molecule has 2 aromatic heterocycles. The molecule has 2 atom stereocenters. The third-order valence-electron chi connectivity index (χ3n) is 5.00. The minimum atomic E-state index is -0.917. The van der Waals surface area contributed by atoms with Crippen LogP contribution < -0.4 is 16.6 Å². The Kier molecular flexibility index (Phi) is 6.64. The molecule has 0 amide bonds. The zero-order valence-electron chi connectivity index (χ0n) is 18.6. The van der Waals surface area contributed by atoms with Crippen molar-refractivity contribution >= 4 is 34.1 Å². The van der Waals surface area contributed by atoms with Crippen molar-refractivity contribution < 1.29 is 13.9 Å². The number of benzene rings is 2. The summed E-state index contributed by atoms with van der Waals surface area (Å²) in [7, 11) is 0. The Hall–Kier alpha value is -4.07. The average Bonchev–Trinajstić information content (AvgIpc) is 2.77. The molecule has 0 aliphatic rings. The highest BCUT2D eigenvalue weighted by Gasteiger charge is 2.21. The number of nitrogens with one attached hydrogen (secondary N) is 1. The number of nitrogen functional groups attached to an aromatic ring is 1. The number of nitrogens with two attached hydrogens (primary N) is 1. The number of nitrogens with zero attached hydrogens (tertiary/aromatic N) is 4. The number of anilines is 2.